The Morgan fingerprint density at radius 3 is 2.35 bits per heavy atom. The van der Waals surface area contributed by atoms with Gasteiger partial charge in [0.2, 0.25) is 0 Å². The topological polar surface area (TPSA) is 73.3 Å². The number of benzene rings is 1. The van der Waals surface area contributed by atoms with Gasteiger partial charge in [-0.15, -0.1) is 0 Å². The lowest BCUT2D eigenvalue weighted by Crippen LogP contribution is -2.44. The van der Waals surface area contributed by atoms with Crippen molar-refractivity contribution in [3.8, 4) is 6.01 Å². The van der Waals surface area contributed by atoms with E-state index < -0.39 is 0 Å². The highest BCUT2D eigenvalue weighted by Crippen LogP contribution is 2.35. The van der Waals surface area contributed by atoms with Crippen molar-refractivity contribution in [3.63, 3.8) is 0 Å². The molecular weight excluding hydrogens is 330 g/mol. The molecular formula is C20H25N3O3. The molecule has 26 heavy (non-hydrogen) atoms. The van der Waals surface area contributed by atoms with Gasteiger partial charge < -0.3 is 14.8 Å². The van der Waals surface area contributed by atoms with Crippen LogP contribution in [0.15, 0.2) is 30.6 Å². The molecule has 1 aromatic heterocycles. The number of aryl methyl sites for hydroxylation is 2. The number of nitrogens with zero attached hydrogens (tertiary/aromatic N) is 2. The van der Waals surface area contributed by atoms with Crippen molar-refractivity contribution < 1.29 is 14.3 Å². The van der Waals surface area contributed by atoms with E-state index in [0.717, 1.165) is 12.8 Å². The highest BCUT2D eigenvalue weighted by atomic mass is 16.5. The summed E-state index contributed by atoms with van der Waals surface area (Å²) in [6.07, 6.45) is 4.73. The molecule has 6 nitrogen and oxygen atoms in total. The molecule has 6 heteroatoms. The van der Waals surface area contributed by atoms with Gasteiger partial charge in [-0.2, -0.15) is 0 Å². The van der Waals surface area contributed by atoms with Crippen LogP contribution < -0.4 is 10.1 Å². The Balaban J connectivity index is 1.79. The third kappa shape index (κ3) is 4.02. The van der Waals surface area contributed by atoms with E-state index >= 15 is 0 Å². The Kier molecular flexibility index (Phi) is 5.52. The van der Waals surface area contributed by atoms with E-state index in [1.807, 2.05) is 0 Å². The van der Waals surface area contributed by atoms with Crippen LogP contribution in [-0.4, -0.2) is 42.7 Å². The van der Waals surface area contributed by atoms with E-state index in [2.05, 4.69) is 47.3 Å². The minimum atomic E-state index is -0.178. The van der Waals surface area contributed by atoms with Crippen LogP contribution in [0.4, 0.5) is 0 Å². The fourth-order valence-electron chi connectivity index (χ4n) is 3.50. The molecule has 0 spiro atoms. The van der Waals surface area contributed by atoms with Crippen LogP contribution in [0, 0.1) is 13.8 Å². The van der Waals surface area contributed by atoms with Crippen molar-refractivity contribution in [1.29, 1.82) is 0 Å². The van der Waals surface area contributed by atoms with Gasteiger partial charge in [0.15, 0.2) is 0 Å². The summed E-state index contributed by atoms with van der Waals surface area (Å²) < 4.78 is 10.5. The monoisotopic (exact) mass is 355 g/mol. The van der Waals surface area contributed by atoms with Gasteiger partial charge in [0, 0.05) is 37.6 Å². The highest BCUT2D eigenvalue weighted by Gasteiger charge is 2.35. The Hall–Kier alpha value is -2.47. The van der Waals surface area contributed by atoms with Crippen molar-refractivity contribution in [2.24, 2.45) is 0 Å². The van der Waals surface area contributed by atoms with Crippen LogP contribution in [-0.2, 0) is 10.2 Å². The standard InChI is InChI=1S/C20H25N3O3/c1-14-8-15(2)10-17(9-14)20(4-6-26-7-5-20)13-23-18(24)16-11-21-19(25-3)22-12-16/h8-12H,4-7,13H2,1-3H3,(H,23,24). The summed E-state index contributed by atoms with van der Waals surface area (Å²) in [6.45, 7) is 6.18. The average Bonchev–Trinajstić information content (AvgIpc) is 2.66. The first-order valence-electron chi connectivity index (χ1n) is 8.83. The maximum absolute atomic E-state index is 12.5. The molecule has 138 valence electrons. The van der Waals surface area contributed by atoms with E-state index in [-0.39, 0.29) is 17.3 Å². The summed E-state index contributed by atoms with van der Waals surface area (Å²) in [5.41, 5.74) is 4.05. The Morgan fingerprint density at radius 2 is 1.77 bits per heavy atom. The normalized spacial score (nSPS) is 16.1. The fraction of sp³-hybridized carbons (Fsp3) is 0.450. The molecule has 3 rings (SSSR count). The van der Waals surface area contributed by atoms with Gasteiger partial charge in [-0.05, 0) is 32.3 Å². The quantitative estimate of drug-likeness (QED) is 0.892. The first-order chi connectivity index (χ1) is 12.5. The molecule has 1 aliphatic rings. The number of methoxy groups -OCH3 is 1. The van der Waals surface area contributed by atoms with Crippen molar-refractivity contribution in [1.82, 2.24) is 15.3 Å². The lowest BCUT2D eigenvalue weighted by atomic mass is 9.73. The third-order valence-electron chi connectivity index (χ3n) is 4.94. The second-order valence-electron chi connectivity index (χ2n) is 6.91. The number of amides is 1. The maximum Gasteiger partial charge on any atom is 0.316 e. The molecule has 0 atom stereocenters. The molecule has 0 bridgehead atoms. The molecule has 1 fully saturated rings. The second-order valence-corrected chi connectivity index (χ2v) is 6.91. The van der Waals surface area contributed by atoms with E-state index in [4.69, 9.17) is 9.47 Å². The van der Waals surface area contributed by atoms with Gasteiger partial charge >= 0.3 is 6.01 Å². The van der Waals surface area contributed by atoms with Crippen LogP contribution in [0.2, 0.25) is 0 Å². The molecule has 2 aromatic rings. The molecule has 0 unspecified atom stereocenters. The Labute approximate surface area is 154 Å². The molecule has 1 N–H and O–H groups in total. The fourth-order valence-corrected chi connectivity index (χ4v) is 3.50. The predicted molar refractivity (Wildman–Crippen MR) is 98.6 cm³/mol. The van der Waals surface area contributed by atoms with Gasteiger partial charge in [-0.25, -0.2) is 9.97 Å². The van der Waals surface area contributed by atoms with Crippen molar-refractivity contribution >= 4 is 5.91 Å². The predicted octanol–water partition coefficient (Wildman–Crippen LogP) is 2.58. The maximum atomic E-state index is 12.5. The molecule has 2 heterocycles. The lowest BCUT2D eigenvalue weighted by Gasteiger charge is -2.38. The Bertz CT molecular complexity index is 748. The molecule has 0 aliphatic carbocycles. The SMILES string of the molecule is COc1ncc(C(=O)NCC2(c3cc(C)cc(C)c3)CCOCC2)cn1. The van der Waals surface area contributed by atoms with Crippen LogP contribution in [0.5, 0.6) is 6.01 Å². The summed E-state index contributed by atoms with van der Waals surface area (Å²) >= 11 is 0. The van der Waals surface area contributed by atoms with Crippen LogP contribution >= 0.6 is 0 Å². The summed E-state index contributed by atoms with van der Waals surface area (Å²) in [7, 11) is 1.49. The molecule has 1 aliphatic heterocycles. The number of hydrogen-bond donors (Lipinski definition) is 1. The lowest BCUT2D eigenvalue weighted by molar-refractivity contribution is 0.0486. The number of carbonyl (C=O) groups is 1. The number of nitrogens with one attached hydrogen (secondary N) is 1. The van der Waals surface area contributed by atoms with Gasteiger partial charge in [-0.1, -0.05) is 29.3 Å². The summed E-state index contributed by atoms with van der Waals surface area (Å²) in [5, 5.41) is 3.07. The molecule has 1 amide bonds. The molecule has 0 saturated carbocycles. The van der Waals surface area contributed by atoms with Gasteiger partial charge in [0.25, 0.3) is 5.91 Å². The summed E-state index contributed by atoms with van der Waals surface area (Å²) in [6, 6.07) is 6.86. The molecule has 0 radical (unpaired) electrons. The van der Waals surface area contributed by atoms with E-state index in [1.54, 1.807) is 0 Å². The summed E-state index contributed by atoms with van der Waals surface area (Å²) in [4.78, 5) is 20.5. The van der Waals surface area contributed by atoms with E-state index in [1.165, 1.54) is 36.2 Å². The zero-order chi connectivity index (χ0) is 18.6. The smallest absolute Gasteiger partial charge is 0.316 e. The van der Waals surface area contributed by atoms with Crippen LogP contribution in [0.3, 0.4) is 0 Å². The van der Waals surface area contributed by atoms with E-state index in [0.29, 0.717) is 25.3 Å². The van der Waals surface area contributed by atoms with Gasteiger partial charge in [0.05, 0.1) is 12.7 Å². The molecule has 1 saturated heterocycles. The first kappa shape index (κ1) is 18.3. The van der Waals surface area contributed by atoms with Crippen molar-refractivity contribution in [3.05, 3.63) is 52.8 Å². The minimum absolute atomic E-state index is 0.113. The van der Waals surface area contributed by atoms with Crippen LogP contribution in [0.1, 0.15) is 39.9 Å². The van der Waals surface area contributed by atoms with Gasteiger partial charge in [0.1, 0.15) is 0 Å². The van der Waals surface area contributed by atoms with Crippen LogP contribution in [0.25, 0.3) is 0 Å². The minimum Gasteiger partial charge on any atom is -0.467 e. The number of carbonyl (C=O) groups excluding carboxylic acids is 1. The van der Waals surface area contributed by atoms with Crippen molar-refractivity contribution in [2.45, 2.75) is 32.1 Å². The van der Waals surface area contributed by atoms with Crippen molar-refractivity contribution in [2.75, 3.05) is 26.9 Å². The largest absolute Gasteiger partial charge is 0.467 e. The second kappa shape index (κ2) is 7.83. The number of ether oxygens (including phenoxy) is 2. The van der Waals surface area contributed by atoms with Gasteiger partial charge in [-0.3, -0.25) is 4.79 Å². The van der Waals surface area contributed by atoms with E-state index in [9.17, 15) is 4.79 Å². The number of aromatic nitrogens is 2. The number of hydrogen-bond acceptors (Lipinski definition) is 5. The summed E-state index contributed by atoms with van der Waals surface area (Å²) in [5.74, 6) is -0.178. The highest BCUT2D eigenvalue weighted by molar-refractivity contribution is 5.93. The zero-order valence-electron chi connectivity index (χ0n) is 15.5. The Morgan fingerprint density at radius 1 is 1.15 bits per heavy atom. The first-order valence-corrected chi connectivity index (χ1v) is 8.83. The number of rotatable bonds is 5. The molecule has 1 aromatic carbocycles. The average molecular weight is 355 g/mol. The zero-order valence-corrected chi connectivity index (χ0v) is 15.5. The third-order valence-corrected chi connectivity index (χ3v) is 4.94.